The highest BCUT2D eigenvalue weighted by Crippen LogP contribution is 2.43. The Morgan fingerprint density at radius 2 is 1.57 bits per heavy atom. The lowest BCUT2D eigenvalue weighted by Crippen LogP contribution is -2.59. The highest BCUT2D eigenvalue weighted by molar-refractivity contribution is 5.26. The van der Waals surface area contributed by atoms with Gasteiger partial charge in [-0.15, -0.1) is 0 Å². The van der Waals surface area contributed by atoms with Gasteiger partial charge in [-0.3, -0.25) is 0 Å². The van der Waals surface area contributed by atoms with Gasteiger partial charge in [-0.2, -0.15) is 0 Å². The molecule has 0 radical (unpaired) electrons. The fourth-order valence-corrected chi connectivity index (χ4v) is 8.35. The highest BCUT2D eigenvalue weighted by Gasteiger charge is 2.50. The Kier molecular flexibility index (Phi) is 12.9. The average Bonchev–Trinajstić information content (AvgIpc) is 3.41. The number of ether oxygens (including phenoxy) is 6. The molecule has 0 aromatic heterocycles. The van der Waals surface area contributed by atoms with Gasteiger partial charge in [-0.25, -0.2) is 0 Å². The van der Waals surface area contributed by atoms with Crippen LogP contribution in [0.3, 0.4) is 0 Å². The molecule has 0 amide bonds. The average molecular weight is 639 g/mol. The zero-order chi connectivity index (χ0) is 32.8. The lowest BCUT2D eigenvalue weighted by Gasteiger charge is -2.51. The van der Waals surface area contributed by atoms with Gasteiger partial charge in [0.1, 0.15) is 5.75 Å². The Labute approximate surface area is 279 Å². The summed E-state index contributed by atoms with van der Waals surface area (Å²) in [5.41, 5.74) is 3.56. The van der Waals surface area contributed by atoms with Crippen molar-refractivity contribution in [2.75, 3.05) is 7.11 Å². The zero-order valence-corrected chi connectivity index (χ0v) is 29.6. The highest BCUT2D eigenvalue weighted by atomic mass is 16.6. The molecule has 1 aromatic rings. The normalized spacial score (nSPS) is 38.1. The minimum atomic E-state index is -0.110. The summed E-state index contributed by atoms with van der Waals surface area (Å²) >= 11 is 0. The first-order chi connectivity index (χ1) is 22.2. The molecule has 4 saturated heterocycles. The summed E-state index contributed by atoms with van der Waals surface area (Å²) in [6, 6.07) is 8.14. The SMILES string of the molecule is C=C1C[C@H](CCCC)OC1CC[C@H]1C[C@@H](C)C(=C)C(C[C@@H]2OC3C[C@@H](C)[C@@H](CCC)O[C@H]3[C@H](C)[C@H]2OCc2ccc(OC)cc2)O1. The second kappa shape index (κ2) is 16.6. The maximum absolute atomic E-state index is 6.99. The summed E-state index contributed by atoms with van der Waals surface area (Å²) in [4.78, 5) is 0. The van der Waals surface area contributed by atoms with Crippen molar-refractivity contribution < 1.29 is 28.4 Å². The van der Waals surface area contributed by atoms with E-state index in [1.54, 1.807) is 7.11 Å². The summed E-state index contributed by atoms with van der Waals surface area (Å²) in [5, 5.41) is 0. The quantitative estimate of drug-likeness (QED) is 0.190. The van der Waals surface area contributed by atoms with Crippen LogP contribution in [0.5, 0.6) is 5.75 Å². The van der Waals surface area contributed by atoms with Crippen LogP contribution in [0.2, 0.25) is 0 Å². The Hall–Kier alpha value is -1.70. The molecule has 3 unspecified atom stereocenters. The lowest BCUT2D eigenvalue weighted by atomic mass is 9.78. The number of hydrogen-bond acceptors (Lipinski definition) is 6. The van der Waals surface area contributed by atoms with Crippen molar-refractivity contribution in [2.24, 2.45) is 17.8 Å². The summed E-state index contributed by atoms with van der Waals surface area (Å²) in [6.45, 7) is 20.8. The van der Waals surface area contributed by atoms with Crippen LogP contribution in [-0.2, 0) is 30.3 Å². The third kappa shape index (κ3) is 8.66. The van der Waals surface area contributed by atoms with Crippen molar-refractivity contribution in [3.05, 3.63) is 54.1 Å². The molecule has 258 valence electrons. The first-order valence-electron chi connectivity index (χ1n) is 18.4. The van der Waals surface area contributed by atoms with Crippen LogP contribution in [-0.4, -0.2) is 62.0 Å². The second-order valence-corrected chi connectivity index (χ2v) is 14.9. The monoisotopic (exact) mass is 638 g/mol. The summed E-state index contributed by atoms with van der Waals surface area (Å²) in [6.07, 6.45) is 12.3. The number of unbranched alkanes of at least 4 members (excludes halogenated alkanes) is 1. The smallest absolute Gasteiger partial charge is 0.118 e. The topological polar surface area (TPSA) is 55.4 Å². The van der Waals surface area contributed by atoms with Crippen molar-refractivity contribution in [1.29, 1.82) is 0 Å². The molecule has 12 atom stereocenters. The van der Waals surface area contributed by atoms with Gasteiger partial charge in [0.25, 0.3) is 0 Å². The van der Waals surface area contributed by atoms with E-state index in [0.29, 0.717) is 24.5 Å². The molecule has 4 aliphatic heterocycles. The van der Waals surface area contributed by atoms with Gasteiger partial charge >= 0.3 is 0 Å². The van der Waals surface area contributed by atoms with Gasteiger partial charge in [0, 0.05) is 12.3 Å². The molecule has 6 nitrogen and oxygen atoms in total. The number of rotatable bonds is 14. The molecule has 4 heterocycles. The molecule has 0 spiro atoms. The Morgan fingerprint density at radius 3 is 2.28 bits per heavy atom. The predicted molar refractivity (Wildman–Crippen MR) is 184 cm³/mol. The summed E-state index contributed by atoms with van der Waals surface area (Å²) in [7, 11) is 1.69. The van der Waals surface area contributed by atoms with Crippen molar-refractivity contribution in [3.8, 4) is 5.75 Å². The first kappa shape index (κ1) is 35.6. The maximum Gasteiger partial charge on any atom is 0.118 e. The van der Waals surface area contributed by atoms with E-state index >= 15 is 0 Å². The number of methoxy groups -OCH3 is 1. The Bertz CT molecular complexity index is 1120. The molecule has 0 saturated carbocycles. The molecule has 0 aliphatic carbocycles. The van der Waals surface area contributed by atoms with Gasteiger partial charge in [-0.1, -0.05) is 79.2 Å². The molecule has 0 N–H and O–H groups in total. The molecule has 46 heavy (non-hydrogen) atoms. The third-order valence-corrected chi connectivity index (χ3v) is 11.3. The molecular weight excluding hydrogens is 576 g/mol. The van der Waals surface area contributed by atoms with E-state index in [2.05, 4.69) is 59.9 Å². The fraction of sp³-hybridized carbons (Fsp3) is 0.750. The fourth-order valence-electron chi connectivity index (χ4n) is 8.35. The van der Waals surface area contributed by atoms with Crippen molar-refractivity contribution in [3.63, 3.8) is 0 Å². The van der Waals surface area contributed by atoms with E-state index in [1.807, 2.05) is 12.1 Å². The molecule has 0 bridgehead atoms. The first-order valence-corrected chi connectivity index (χ1v) is 18.4. The number of hydrogen-bond donors (Lipinski definition) is 0. The van der Waals surface area contributed by atoms with E-state index < -0.39 is 0 Å². The van der Waals surface area contributed by atoms with Crippen LogP contribution in [0.15, 0.2) is 48.6 Å². The van der Waals surface area contributed by atoms with Gasteiger partial charge < -0.3 is 28.4 Å². The van der Waals surface area contributed by atoms with Crippen LogP contribution in [0.25, 0.3) is 0 Å². The van der Waals surface area contributed by atoms with E-state index in [4.69, 9.17) is 28.4 Å². The summed E-state index contributed by atoms with van der Waals surface area (Å²) in [5.74, 6) is 1.92. The zero-order valence-electron chi connectivity index (χ0n) is 29.6. The number of benzene rings is 1. The number of fused-ring (bicyclic) bond motifs is 1. The van der Waals surface area contributed by atoms with E-state index in [-0.39, 0.29) is 54.7 Å². The van der Waals surface area contributed by atoms with Crippen LogP contribution < -0.4 is 4.74 Å². The van der Waals surface area contributed by atoms with E-state index in [1.165, 1.54) is 24.0 Å². The molecule has 5 rings (SSSR count). The minimum absolute atomic E-state index is 0.0349. The summed E-state index contributed by atoms with van der Waals surface area (Å²) < 4.78 is 39.2. The second-order valence-electron chi connectivity index (χ2n) is 14.9. The lowest BCUT2D eigenvalue weighted by molar-refractivity contribution is -0.269. The van der Waals surface area contributed by atoms with E-state index in [0.717, 1.165) is 69.1 Å². The van der Waals surface area contributed by atoms with Crippen molar-refractivity contribution >= 4 is 0 Å². The van der Waals surface area contributed by atoms with Crippen molar-refractivity contribution in [2.45, 2.75) is 167 Å². The molecule has 4 aliphatic rings. The minimum Gasteiger partial charge on any atom is -0.497 e. The third-order valence-electron chi connectivity index (χ3n) is 11.3. The predicted octanol–water partition coefficient (Wildman–Crippen LogP) is 9.00. The largest absolute Gasteiger partial charge is 0.497 e. The maximum atomic E-state index is 6.99. The van der Waals surface area contributed by atoms with Gasteiger partial charge in [0.2, 0.25) is 0 Å². The Balaban J connectivity index is 1.26. The molecular formula is C40H62O6. The van der Waals surface area contributed by atoms with Crippen molar-refractivity contribution in [1.82, 2.24) is 0 Å². The standard InChI is InChI=1S/C40H62O6/c1-9-11-13-32-21-26(4)35(43-32)19-18-33-20-25(3)28(6)36(44-33)23-38-39(42-24-30-14-16-31(41-8)17-15-30)29(7)40-37(45-38)22-27(5)34(46-40)12-10-2/h14-17,25,27,29,32-40H,4,6,9-13,18-24H2,1-3,5,7-8H3/t25-,27-,29-,32+,33+,34-,35?,36?,37?,38+,39-,40+/m1/s1. The molecule has 1 aromatic carbocycles. The van der Waals surface area contributed by atoms with E-state index in [9.17, 15) is 0 Å². The van der Waals surface area contributed by atoms with Crippen LogP contribution in [0, 0.1) is 17.8 Å². The Morgan fingerprint density at radius 1 is 0.804 bits per heavy atom. The van der Waals surface area contributed by atoms with Gasteiger partial charge in [0.15, 0.2) is 0 Å². The van der Waals surface area contributed by atoms with Crippen LogP contribution in [0.1, 0.15) is 111 Å². The van der Waals surface area contributed by atoms with Crippen LogP contribution in [0.4, 0.5) is 0 Å². The van der Waals surface area contributed by atoms with Gasteiger partial charge in [-0.05, 0) is 85.6 Å². The van der Waals surface area contributed by atoms with Crippen LogP contribution >= 0.6 is 0 Å². The molecule has 6 heteroatoms. The molecule has 4 fully saturated rings. The van der Waals surface area contributed by atoms with Gasteiger partial charge in [0.05, 0.1) is 68.7 Å².